The van der Waals surface area contributed by atoms with E-state index in [0.717, 1.165) is 12.3 Å². The van der Waals surface area contributed by atoms with Crippen molar-refractivity contribution in [2.45, 2.75) is 32.0 Å². The third-order valence-electron chi connectivity index (χ3n) is 3.44. The Hall–Kier alpha value is -0.810. The molecule has 0 saturated heterocycles. The van der Waals surface area contributed by atoms with Crippen LogP contribution in [-0.4, -0.2) is 11.0 Å². The van der Waals surface area contributed by atoms with Gasteiger partial charge >= 0.3 is 6.18 Å². The second-order valence-electron chi connectivity index (χ2n) is 4.93. The highest BCUT2D eigenvalue weighted by Crippen LogP contribution is 2.58. The molecule has 2 N–H and O–H groups in total. The number of nitrogens with zero attached hydrogens (tertiary/aromatic N) is 1. The van der Waals surface area contributed by atoms with Gasteiger partial charge in [-0.05, 0) is 17.0 Å². The number of aromatic nitrogens is 1. The molecule has 1 aromatic heterocycles. The van der Waals surface area contributed by atoms with Crippen LogP contribution in [0.15, 0.2) is 12.3 Å². The van der Waals surface area contributed by atoms with Gasteiger partial charge < -0.3 is 5.73 Å². The van der Waals surface area contributed by atoms with Crippen molar-refractivity contribution in [3.8, 4) is 0 Å². The molecule has 1 aliphatic carbocycles. The van der Waals surface area contributed by atoms with Crippen LogP contribution in [0.1, 0.15) is 30.9 Å². The smallest absolute Gasteiger partial charge is 0.327 e. The lowest BCUT2D eigenvalue weighted by Crippen LogP contribution is -2.08. The summed E-state index contributed by atoms with van der Waals surface area (Å²) in [6.45, 7) is 3.80. The highest BCUT2D eigenvalue weighted by atomic mass is 35.5. The van der Waals surface area contributed by atoms with Gasteiger partial charge in [0.05, 0.1) is 5.56 Å². The largest absolute Gasteiger partial charge is 0.417 e. The predicted octanol–water partition coefficient (Wildman–Crippen LogP) is 3.20. The number of alkyl halides is 3. The number of nitrogens with two attached hydrogens (primary N) is 1. The molecule has 94 valence electrons. The molecule has 0 amide bonds. The molecule has 1 aromatic rings. The van der Waals surface area contributed by atoms with E-state index in [0.29, 0.717) is 5.56 Å². The molecule has 1 heterocycles. The van der Waals surface area contributed by atoms with E-state index in [4.69, 9.17) is 17.3 Å². The van der Waals surface area contributed by atoms with Gasteiger partial charge in [-0.3, -0.25) is 0 Å². The topological polar surface area (TPSA) is 38.9 Å². The summed E-state index contributed by atoms with van der Waals surface area (Å²) in [6.07, 6.45) is -3.66. The fourth-order valence-corrected chi connectivity index (χ4v) is 2.33. The van der Waals surface area contributed by atoms with E-state index >= 15 is 0 Å². The van der Waals surface area contributed by atoms with Crippen LogP contribution >= 0.6 is 11.6 Å². The Kier molecular flexibility index (Phi) is 2.67. The van der Waals surface area contributed by atoms with Crippen molar-refractivity contribution < 1.29 is 13.2 Å². The van der Waals surface area contributed by atoms with Crippen molar-refractivity contribution in [2.24, 2.45) is 11.1 Å². The molecule has 1 saturated carbocycles. The summed E-state index contributed by atoms with van der Waals surface area (Å²) >= 11 is 5.84. The van der Waals surface area contributed by atoms with Gasteiger partial charge in [0.25, 0.3) is 0 Å². The molecule has 2 atom stereocenters. The summed E-state index contributed by atoms with van der Waals surface area (Å²) in [5, 5.41) is 0.101. The summed E-state index contributed by atoms with van der Waals surface area (Å²) in [6, 6.07) is 0.875. The van der Waals surface area contributed by atoms with Crippen molar-refractivity contribution in [1.29, 1.82) is 0 Å². The van der Waals surface area contributed by atoms with E-state index in [1.165, 1.54) is 0 Å². The second-order valence-corrected chi connectivity index (χ2v) is 5.28. The van der Waals surface area contributed by atoms with Gasteiger partial charge in [0.2, 0.25) is 0 Å². The zero-order valence-corrected chi connectivity index (χ0v) is 10.1. The van der Waals surface area contributed by atoms with Gasteiger partial charge in [-0.15, -0.1) is 0 Å². The SMILES string of the molecule is CC1(C)[C@@H](N)[C@@H]1c1cc(C(F)(F)F)cnc1Cl. The van der Waals surface area contributed by atoms with Crippen LogP contribution in [0.3, 0.4) is 0 Å². The van der Waals surface area contributed by atoms with Crippen molar-refractivity contribution in [3.63, 3.8) is 0 Å². The van der Waals surface area contributed by atoms with E-state index in [-0.39, 0.29) is 22.5 Å². The van der Waals surface area contributed by atoms with Crippen LogP contribution in [0.4, 0.5) is 13.2 Å². The van der Waals surface area contributed by atoms with E-state index < -0.39 is 11.7 Å². The molecular weight excluding hydrogens is 253 g/mol. The molecule has 0 radical (unpaired) electrons. The lowest BCUT2D eigenvalue weighted by Gasteiger charge is -2.10. The summed E-state index contributed by atoms with van der Waals surface area (Å²) < 4.78 is 37.7. The quantitative estimate of drug-likeness (QED) is 0.791. The van der Waals surface area contributed by atoms with E-state index in [1.807, 2.05) is 13.8 Å². The molecular formula is C11H12ClF3N2. The average molecular weight is 265 g/mol. The van der Waals surface area contributed by atoms with Gasteiger partial charge in [-0.25, -0.2) is 4.98 Å². The van der Waals surface area contributed by atoms with Crippen LogP contribution in [0.2, 0.25) is 5.15 Å². The monoisotopic (exact) mass is 264 g/mol. The van der Waals surface area contributed by atoms with Crippen LogP contribution in [0.25, 0.3) is 0 Å². The molecule has 6 heteroatoms. The first-order chi connectivity index (χ1) is 7.65. The molecule has 0 unspecified atom stereocenters. The Morgan fingerprint density at radius 2 is 1.94 bits per heavy atom. The Morgan fingerprint density at radius 3 is 2.35 bits per heavy atom. The zero-order valence-electron chi connectivity index (χ0n) is 9.35. The minimum atomic E-state index is -4.41. The third kappa shape index (κ3) is 2.02. The number of hydrogen-bond acceptors (Lipinski definition) is 2. The van der Waals surface area contributed by atoms with Crippen LogP contribution in [-0.2, 0) is 6.18 Å². The first kappa shape index (κ1) is 12.6. The van der Waals surface area contributed by atoms with Crippen molar-refractivity contribution in [1.82, 2.24) is 4.98 Å². The lowest BCUT2D eigenvalue weighted by molar-refractivity contribution is -0.137. The molecule has 2 nitrogen and oxygen atoms in total. The fourth-order valence-electron chi connectivity index (χ4n) is 2.11. The van der Waals surface area contributed by atoms with Crippen molar-refractivity contribution in [3.05, 3.63) is 28.5 Å². The van der Waals surface area contributed by atoms with Gasteiger partial charge in [0, 0.05) is 18.2 Å². The average Bonchev–Trinajstić information content (AvgIpc) is 2.66. The molecule has 0 spiro atoms. The predicted molar refractivity (Wildman–Crippen MR) is 58.7 cm³/mol. The number of halogens is 4. The highest BCUT2D eigenvalue weighted by Gasteiger charge is 2.57. The van der Waals surface area contributed by atoms with Crippen LogP contribution < -0.4 is 5.73 Å². The molecule has 2 rings (SSSR count). The third-order valence-corrected chi connectivity index (χ3v) is 3.76. The van der Waals surface area contributed by atoms with Gasteiger partial charge in [-0.2, -0.15) is 13.2 Å². The first-order valence-electron chi connectivity index (χ1n) is 5.14. The molecule has 1 aliphatic rings. The Balaban J connectivity index is 2.42. The number of rotatable bonds is 1. The van der Waals surface area contributed by atoms with E-state index in [9.17, 15) is 13.2 Å². The summed E-state index contributed by atoms with van der Waals surface area (Å²) in [7, 11) is 0. The standard InChI is InChI=1S/C11H12ClF3N2/c1-10(2)7(8(10)16)6-3-5(11(13,14)15)4-17-9(6)12/h3-4,7-8H,16H2,1-2H3/t7-,8-/m0/s1. The highest BCUT2D eigenvalue weighted by molar-refractivity contribution is 6.30. The van der Waals surface area contributed by atoms with Crippen LogP contribution in [0, 0.1) is 5.41 Å². The Labute approximate surface area is 102 Å². The maximum atomic E-state index is 12.6. The normalized spacial score (nSPS) is 27.0. The van der Waals surface area contributed by atoms with Gasteiger partial charge in [0.1, 0.15) is 5.15 Å². The lowest BCUT2D eigenvalue weighted by atomic mass is 10.0. The second kappa shape index (κ2) is 3.59. The minimum absolute atomic E-state index is 0.101. The van der Waals surface area contributed by atoms with Crippen LogP contribution in [0.5, 0.6) is 0 Å². The minimum Gasteiger partial charge on any atom is -0.327 e. The molecule has 0 aromatic carbocycles. The van der Waals surface area contributed by atoms with E-state index in [2.05, 4.69) is 4.98 Å². The van der Waals surface area contributed by atoms with Crippen molar-refractivity contribution in [2.75, 3.05) is 0 Å². The Morgan fingerprint density at radius 1 is 1.41 bits per heavy atom. The van der Waals surface area contributed by atoms with Crippen molar-refractivity contribution >= 4 is 11.6 Å². The number of hydrogen-bond donors (Lipinski definition) is 1. The molecule has 1 fully saturated rings. The van der Waals surface area contributed by atoms with Gasteiger partial charge in [-0.1, -0.05) is 25.4 Å². The maximum absolute atomic E-state index is 12.6. The fraction of sp³-hybridized carbons (Fsp3) is 0.545. The molecule has 17 heavy (non-hydrogen) atoms. The van der Waals surface area contributed by atoms with Gasteiger partial charge in [0.15, 0.2) is 0 Å². The summed E-state index contributed by atoms with van der Waals surface area (Å²) in [5.41, 5.74) is 5.21. The Bertz CT molecular complexity index is 457. The summed E-state index contributed by atoms with van der Waals surface area (Å²) in [5.74, 6) is -0.162. The zero-order chi connectivity index (χ0) is 13.0. The molecule has 0 bridgehead atoms. The number of pyridine rings is 1. The molecule has 0 aliphatic heterocycles. The summed E-state index contributed by atoms with van der Waals surface area (Å²) in [4.78, 5) is 3.60. The first-order valence-corrected chi connectivity index (χ1v) is 5.51. The maximum Gasteiger partial charge on any atom is 0.417 e. The van der Waals surface area contributed by atoms with E-state index in [1.54, 1.807) is 0 Å².